The summed E-state index contributed by atoms with van der Waals surface area (Å²) in [6.07, 6.45) is 6.12. The number of rotatable bonds is 4. The fourth-order valence-electron chi connectivity index (χ4n) is 3.28. The Kier molecular flexibility index (Phi) is 4.71. The molecule has 5 heteroatoms. The van der Waals surface area contributed by atoms with Gasteiger partial charge in [0.2, 0.25) is 0 Å². The van der Waals surface area contributed by atoms with E-state index in [-0.39, 0.29) is 12.1 Å². The maximum atomic E-state index is 12.3. The Morgan fingerprint density at radius 2 is 2.09 bits per heavy atom. The van der Waals surface area contributed by atoms with Crippen molar-refractivity contribution in [3.63, 3.8) is 0 Å². The third-order valence-electron chi connectivity index (χ3n) is 5.28. The van der Waals surface area contributed by atoms with Crippen LogP contribution in [0.4, 0.5) is 4.79 Å². The van der Waals surface area contributed by atoms with E-state index in [9.17, 15) is 4.79 Å². The van der Waals surface area contributed by atoms with E-state index >= 15 is 0 Å². The van der Waals surface area contributed by atoms with E-state index in [0.29, 0.717) is 23.8 Å². The predicted molar refractivity (Wildman–Crippen MR) is 90.1 cm³/mol. The summed E-state index contributed by atoms with van der Waals surface area (Å²) in [5.41, 5.74) is 0.993. The van der Waals surface area contributed by atoms with E-state index < -0.39 is 0 Å². The van der Waals surface area contributed by atoms with Gasteiger partial charge < -0.3 is 10.6 Å². The fourth-order valence-corrected chi connectivity index (χ4v) is 4.37. The van der Waals surface area contributed by atoms with Crippen molar-refractivity contribution in [1.29, 1.82) is 0 Å². The van der Waals surface area contributed by atoms with Crippen molar-refractivity contribution in [2.45, 2.75) is 70.9 Å². The molecule has 2 aliphatic carbocycles. The minimum atomic E-state index is -0.0561. The molecule has 0 bridgehead atoms. The molecule has 22 heavy (non-hydrogen) atoms. The second kappa shape index (κ2) is 6.57. The lowest BCUT2D eigenvalue weighted by atomic mass is 9.78. The molecule has 2 fully saturated rings. The van der Waals surface area contributed by atoms with E-state index in [2.05, 4.69) is 34.8 Å². The fraction of sp³-hybridized carbons (Fsp3) is 0.765. The van der Waals surface area contributed by atoms with Crippen molar-refractivity contribution in [3.05, 3.63) is 16.1 Å². The first-order valence-corrected chi connectivity index (χ1v) is 9.45. The molecule has 0 saturated heterocycles. The number of nitrogens with one attached hydrogen (secondary N) is 2. The normalized spacial score (nSPS) is 29.9. The second-order valence-corrected chi connectivity index (χ2v) is 7.99. The van der Waals surface area contributed by atoms with Gasteiger partial charge in [-0.25, -0.2) is 9.78 Å². The average molecular weight is 321 g/mol. The van der Waals surface area contributed by atoms with Crippen molar-refractivity contribution in [2.75, 3.05) is 0 Å². The van der Waals surface area contributed by atoms with Crippen molar-refractivity contribution in [2.24, 2.45) is 11.8 Å². The van der Waals surface area contributed by atoms with Gasteiger partial charge in [-0.3, -0.25) is 0 Å². The van der Waals surface area contributed by atoms with Gasteiger partial charge in [0.05, 0.1) is 16.7 Å². The molecule has 1 aromatic heterocycles. The first kappa shape index (κ1) is 15.8. The Bertz CT molecular complexity index is 526. The molecule has 122 valence electrons. The number of hydrogen-bond donors (Lipinski definition) is 2. The number of urea groups is 1. The number of aromatic nitrogens is 1. The summed E-state index contributed by atoms with van der Waals surface area (Å²) in [7, 11) is 0. The molecule has 0 unspecified atom stereocenters. The van der Waals surface area contributed by atoms with E-state index in [1.54, 1.807) is 11.3 Å². The zero-order valence-electron chi connectivity index (χ0n) is 13.8. The van der Waals surface area contributed by atoms with Crippen LogP contribution in [-0.2, 0) is 0 Å². The van der Waals surface area contributed by atoms with Gasteiger partial charge in [0.25, 0.3) is 0 Å². The van der Waals surface area contributed by atoms with Crippen LogP contribution >= 0.6 is 11.3 Å². The maximum Gasteiger partial charge on any atom is 0.315 e. The summed E-state index contributed by atoms with van der Waals surface area (Å²) in [5.74, 6) is 1.93. The molecule has 2 N–H and O–H groups in total. The van der Waals surface area contributed by atoms with Crippen LogP contribution in [0.2, 0.25) is 0 Å². The summed E-state index contributed by atoms with van der Waals surface area (Å²) in [5, 5.41) is 9.54. The molecule has 0 radical (unpaired) electrons. The van der Waals surface area contributed by atoms with E-state index in [1.807, 2.05) is 6.92 Å². The molecule has 1 heterocycles. The van der Waals surface area contributed by atoms with E-state index in [0.717, 1.165) is 12.1 Å². The summed E-state index contributed by atoms with van der Waals surface area (Å²) in [6.45, 7) is 6.55. The van der Waals surface area contributed by atoms with Crippen molar-refractivity contribution in [1.82, 2.24) is 15.6 Å². The predicted octanol–water partition coefficient (Wildman–Crippen LogP) is 4.21. The largest absolute Gasteiger partial charge is 0.335 e. The van der Waals surface area contributed by atoms with Crippen molar-refractivity contribution in [3.8, 4) is 0 Å². The van der Waals surface area contributed by atoms with Gasteiger partial charge in [0, 0.05) is 17.3 Å². The van der Waals surface area contributed by atoms with Gasteiger partial charge in [-0.2, -0.15) is 0 Å². The summed E-state index contributed by atoms with van der Waals surface area (Å²) < 4.78 is 0. The number of amides is 2. The first-order valence-electron chi connectivity index (χ1n) is 8.57. The quantitative estimate of drug-likeness (QED) is 0.873. The third kappa shape index (κ3) is 3.62. The van der Waals surface area contributed by atoms with Crippen LogP contribution in [-0.4, -0.2) is 17.1 Å². The average Bonchev–Trinajstić information content (AvgIpc) is 3.21. The standard InChI is InChI=1S/C17H27N3OS/c1-10-5-4-6-14(11(10)2)20-17(21)18-12(3)15-9-22-16(19-15)13-7-8-13/h9-14H,4-8H2,1-3H3,(H2,18,20,21)/t10-,11+,12+,14-/m1/s1. The van der Waals surface area contributed by atoms with Crippen molar-refractivity contribution >= 4 is 17.4 Å². The Hall–Kier alpha value is -1.10. The highest BCUT2D eigenvalue weighted by Crippen LogP contribution is 2.41. The molecule has 1 aromatic rings. The summed E-state index contributed by atoms with van der Waals surface area (Å²) >= 11 is 1.73. The van der Waals surface area contributed by atoms with Crippen LogP contribution in [0.5, 0.6) is 0 Å². The monoisotopic (exact) mass is 321 g/mol. The number of hydrogen-bond acceptors (Lipinski definition) is 3. The third-order valence-corrected chi connectivity index (χ3v) is 6.31. The molecule has 0 aromatic carbocycles. The van der Waals surface area contributed by atoms with Crippen LogP contribution in [0.3, 0.4) is 0 Å². The molecular formula is C17H27N3OS. The first-order chi connectivity index (χ1) is 10.5. The van der Waals surface area contributed by atoms with Gasteiger partial charge in [0.15, 0.2) is 0 Å². The molecule has 3 rings (SSSR count). The Morgan fingerprint density at radius 3 is 2.82 bits per heavy atom. The number of nitrogens with zero attached hydrogens (tertiary/aromatic N) is 1. The van der Waals surface area contributed by atoms with Gasteiger partial charge >= 0.3 is 6.03 Å². The lowest BCUT2D eigenvalue weighted by molar-refractivity contribution is 0.193. The lowest BCUT2D eigenvalue weighted by Gasteiger charge is -2.34. The van der Waals surface area contributed by atoms with Crippen molar-refractivity contribution < 1.29 is 4.79 Å². The zero-order valence-corrected chi connectivity index (χ0v) is 14.6. The van der Waals surface area contributed by atoms with Crippen LogP contribution < -0.4 is 10.6 Å². The summed E-state index contributed by atoms with van der Waals surface area (Å²) in [4.78, 5) is 16.9. The van der Waals surface area contributed by atoms with Crippen LogP contribution in [0.25, 0.3) is 0 Å². The highest BCUT2D eigenvalue weighted by Gasteiger charge is 2.29. The minimum Gasteiger partial charge on any atom is -0.335 e. The highest BCUT2D eigenvalue weighted by molar-refractivity contribution is 7.09. The van der Waals surface area contributed by atoms with Crippen LogP contribution in [0.1, 0.15) is 75.5 Å². The molecule has 4 nitrogen and oxygen atoms in total. The second-order valence-electron chi connectivity index (χ2n) is 7.10. The molecular weight excluding hydrogens is 294 g/mol. The minimum absolute atomic E-state index is 0.0277. The Balaban J connectivity index is 1.51. The van der Waals surface area contributed by atoms with Gasteiger partial charge in [-0.05, 0) is 38.0 Å². The molecule has 2 aliphatic rings. The number of thiazole rings is 1. The smallest absolute Gasteiger partial charge is 0.315 e. The Morgan fingerprint density at radius 1 is 1.32 bits per heavy atom. The molecule has 4 atom stereocenters. The van der Waals surface area contributed by atoms with Gasteiger partial charge in [0.1, 0.15) is 0 Å². The highest BCUT2D eigenvalue weighted by atomic mass is 32.1. The Labute approximate surface area is 137 Å². The molecule has 0 aliphatic heterocycles. The molecule has 2 amide bonds. The SMILES string of the molecule is C[C@H]1[C@H](C)CCC[C@H]1NC(=O)N[C@@H](C)c1csc(C2CC2)n1. The lowest BCUT2D eigenvalue weighted by Crippen LogP contribution is -2.48. The molecule has 2 saturated carbocycles. The summed E-state index contributed by atoms with van der Waals surface area (Å²) in [6, 6.07) is 0.216. The topological polar surface area (TPSA) is 54.0 Å². The zero-order chi connectivity index (χ0) is 15.7. The van der Waals surface area contributed by atoms with E-state index in [1.165, 1.54) is 30.7 Å². The van der Waals surface area contributed by atoms with Crippen LogP contribution in [0, 0.1) is 11.8 Å². The van der Waals surface area contributed by atoms with Gasteiger partial charge in [-0.15, -0.1) is 11.3 Å². The number of carbonyl (C=O) groups is 1. The number of carbonyl (C=O) groups excluding carboxylic acids is 1. The maximum absolute atomic E-state index is 12.3. The van der Waals surface area contributed by atoms with E-state index in [4.69, 9.17) is 0 Å². The molecule has 0 spiro atoms. The van der Waals surface area contributed by atoms with Gasteiger partial charge in [-0.1, -0.05) is 26.7 Å². The van der Waals surface area contributed by atoms with Crippen LogP contribution in [0.15, 0.2) is 5.38 Å².